The fourth-order valence-electron chi connectivity index (χ4n) is 2.42. The van der Waals surface area contributed by atoms with Crippen LogP contribution in [0.5, 0.6) is 0 Å². The van der Waals surface area contributed by atoms with Crippen LogP contribution in [0.15, 0.2) is 24.3 Å². The van der Waals surface area contributed by atoms with Gasteiger partial charge in [-0.3, -0.25) is 4.79 Å². The number of rotatable bonds is 5. The number of carbonyl (C=O) groups excluding carboxylic acids is 1. The summed E-state index contributed by atoms with van der Waals surface area (Å²) in [6, 6.07) is 8.07. The molecule has 1 aromatic carbocycles. The molecule has 1 atom stereocenters. The summed E-state index contributed by atoms with van der Waals surface area (Å²) in [6.45, 7) is 5.34. The smallest absolute Gasteiger partial charge is 0.153 e. The van der Waals surface area contributed by atoms with Crippen LogP contribution in [0.1, 0.15) is 24.9 Å². The van der Waals surface area contributed by atoms with Crippen molar-refractivity contribution < 1.29 is 9.53 Å². The number of nitrogens with one attached hydrogen (secondary N) is 1. The molecule has 0 radical (unpaired) electrons. The summed E-state index contributed by atoms with van der Waals surface area (Å²) < 4.78 is 5.35. The quantitative estimate of drug-likeness (QED) is 0.878. The Morgan fingerprint density at radius 1 is 1.32 bits per heavy atom. The van der Waals surface area contributed by atoms with Crippen LogP contribution >= 0.6 is 0 Å². The van der Waals surface area contributed by atoms with Gasteiger partial charge in [0.1, 0.15) is 0 Å². The van der Waals surface area contributed by atoms with E-state index in [0.29, 0.717) is 6.42 Å². The fourth-order valence-corrected chi connectivity index (χ4v) is 2.42. The summed E-state index contributed by atoms with van der Waals surface area (Å²) in [6.07, 6.45) is 0.552. The molecule has 1 aromatic rings. The van der Waals surface area contributed by atoms with Gasteiger partial charge < -0.3 is 15.0 Å². The first-order valence-electron chi connectivity index (χ1n) is 6.89. The molecule has 4 heteroatoms. The van der Waals surface area contributed by atoms with Crippen molar-refractivity contribution >= 4 is 11.5 Å². The van der Waals surface area contributed by atoms with E-state index in [2.05, 4.69) is 22.3 Å². The van der Waals surface area contributed by atoms with Gasteiger partial charge in [-0.1, -0.05) is 19.1 Å². The molecule has 4 nitrogen and oxygen atoms in total. The lowest BCUT2D eigenvalue weighted by atomic mass is 10.0. The Kier molecular flexibility index (Phi) is 4.93. The molecule has 1 unspecified atom stereocenters. The normalized spacial score (nSPS) is 17.3. The van der Waals surface area contributed by atoms with Gasteiger partial charge in [0.2, 0.25) is 0 Å². The Labute approximate surface area is 114 Å². The van der Waals surface area contributed by atoms with Crippen molar-refractivity contribution in [2.24, 2.45) is 0 Å². The monoisotopic (exact) mass is 262 g/mol. The Bertz CT molecular complexity index is 411. The second kappa shape index (κ2) is 6.68. The lowest BCUT2D eigenvalue weighted by molar-refractivity contribution is -0.120. The first-order valence-corrected chi connectivity index (χ1v) is 6.89. The number of likely N-dealkylation sites (N-methyl/N-ethyl adjacent to an activating group) is 1. The van der Waals surface area contributed by atoms with Crippen LogP contribution in [-0.4, -0.2) is 39.1 Å². The minimum atomic E-state index is -0.191. The topological polar surface area (TPSA) is 41.6 Å². The fraction of sp³-hybridized carbons (Fsp3) is 0.533. The Morgan fingerprint density at radius 2 is 1.95 bits per heavy atom. The van der Waals surface area contributed by atoms with Gasteiger partial charge in [0.25, 0.3) is 0 Å². The highest BCUT2D eigenvalue weighted by molar-refractivity contribution is 5.85. The summed E-state index contributed by atoms with van der Waals surface area (Å²) in [5, 5.41) is 3.08. The zero-order valence-corrected chi connectivity index (χ0v) is 11.7. The van der Waals surface area contributed by atoms with Crippen LogP contribution in [0.2, 0.25) is 0 Å². The summed E-state index contributed by atoms with van der Waals surface area (Å²) >= 11 is 0. The molecule has 1 aliphatic rings. The molecule has 0 bridgehead atoms. The summed E-state index contributed by atoms with van der Waals surface area (Å²) in [7, 11) is 1.83. The van der Waals surface area contributed by atoms with E-state index in [1.165, 1.54) is 5.69 Å². The number of benzene rings is 1. The van der Waals surface area contributed by atoms with E-state index in [1.807, 2.05) is 26.1 Å². The predicted molar refractivity (Wildman–Crippen MR) is 76.6 cm³/mol. The Hall–Kier alpha value is -1.39. The first kappa shape index (κ1) is 14.0. The molecular formula is C15H22N2O2. The molecule has 104 valence electrons. The maximum absolute atomic E-state index is 11.8. The highest BCUT2D eigenvalue weighted by Gasteiger charge is 2.17. The largest absolute Gasteiger partial charge is 0.378 e. The van der Waals surface area contributed by atoms with Crippen LogP contribution in [0.3, 0.4) is 0 Å². The molecule has 1 aliphatic heterocycles. The number of anilines is 1. The molecule has 1 heterocycles. The first-order chi connectivity index (χ1) is 9.26. The van der Waals surface area contributed by atoms with Crippen molar-refractivity contribution in [1.29, 1.82) is 0 Å². The third-order valence-corrected chi connectivity index (χ3v) is 3.56. The molecule has 1 saturated heterocycles. The highest BCUT2D eigenvalue weighted by atomic mass is 16.5. The van der Waals surface area contributed by atoms with Crippen LogP contribution in [0.25, 0.3) is 0 Å². The standard InChI is InChI=1S/C15H22N2O2/c1-3-14(18)15(16-2)12-4-6-13(7-5-12)17-8-10-19-11-9-17/h4-7,15-16H,3,8-11H2,1-2H3. The van der Waals surface area contributed by atoms with E-state index in [4.69, 9.17) is 4.74 Å². The van der Waals surface area contributed by atoms with Gasteiger partial charge in [0.15, 0.2) is 5.78 Å². The molecule has 0 aliphatic carbocycles. The average molecular weight is 262 g/mol. The molecule has 0 aromatic heterocycles. The molecule has 0 amide bonds. The number of hydrogen-bond acceptors (Lipinski definition) is 4. The number of morpholine rings is 1. The number of nitrogens with zero attached hydrogens (tertiary/aromatic N) is 1. The molecular weight excluding hydrogens is 240 g/mol. The summed E-state index contributed by atoms with van der Waals surface area (Å²) in [5.41, 5.74) is 2.23. The molecule has 19 heavy (non-hydrogen) atoms. The van der Waals surface area contributed by atoms with E-state index >= 15 is 0 Å². The molecule has 1 fully saturated rings. The van der Waals surface area contributed by atoms with Crippen molar-refractivity contribution in [2.75, 3.05) is 38.3 Å². The average Bonchev–Trinajstić information content (AvgIpc) is 2.49. The van der Waals surface area contributed by atoms with Gasteiger partial charge in [-0.25, -0.2) is 0 Å². The zero-order chi connectivity index (χ0) is 13.7. The van der Waals surface area contributed by atoms with Crippen molar-refractivity contribution in [3.8, 4) is 0 Å². The maximum atomic E-state index is 11.8. The highest BCUT2D eigenvalue weighted by Crippen LogP contribution is 2.21. The van der Waals surface area contributed by atoms with E-state index < -0.39 is 0 Å². The SMILES string of the molecule is CCC(=O)C(NC)c1ccc(N2CCOCC2)cc1. The zero-order valence-electron chi connectivity index (χ0n) is 11.7. The molecule has 0 spiro atoms. The third kappa shape index (κ3) is 3.33. The van der Waals surface area contributed by atoms with Crippen LogP contribution in [0, 0.1) is 0 Å². The van der Waals surface area contributed by atoms with Gasteiger partial charge in [-0.05, 0) is 24.7 Å². The second-order valence-electron chi connectivity index (χ2n) is 4.73. The Balaban J connectivity index is 2.10. The lowest BCUT2D eigenvalue weighted by Gasteiger charge is -2.29. The number of ketones is 1. The number of ether oxygens (including phenoxy) is 1. The van der Waals surface area contributed by atoms with Crippen molar-refractivity contribution in [3.05, 3.63) is 29.8 Å². The van der Waals surface area contributed by atoms with E-state index in [9.17, 15) is 4.79 Å². The van der Waals surface area contributed by atoms with Gasteiger partial charge >= 0.3 is 0 Å². The van der Waals surface area contributed by atoms with Gasteiger partial charge in [-0.15, -0.1) is 0 Å². The third-order valence-electron chi connectivity index (χ3n) is 3.56. The van der Waals surface area contributed by atoms with Crippen molar-refractivity contribution in [2.45, 2.75) is 19.4 Å². The van der Waals surface area contributed by atoms with Crippen LogP contribution < -0.4 is 10.2 Å². The number of hydrogen-bond donors (Lipinski definition) is 1. The molecule has 1 N–H and O–H groups in total. The minimum absolute atomic E-state index is 0.191. The maximum Gasteiger partial charge on any atom is 0.153 e. The van der Waals surface area contributed by atoms with Crippen LogP contribution in [-0.2, 0) is 9.53 Å². The van der Waals surface area contributed by atoms with E-state index in [-0.39, 0.29) is 11.8 Å². The van der Waals surface area contributed by atoms with E-state index in [1.54, 1.807) is 0 Å². The van der Waals surface area contributed by atoms with Gasteiger partial charge in [0.05, 0.1) is 19.3 Å². The van der Waals surface area contributed by atoms with Crippen molar-refractivity contribution in [3.63, 3.8) is 0 Å². The summed E-state index contributed by atoms with van der Waals surface area (Å²) in [4.78, 5) is 14.1. The number of carbonyl (C=O) groups is 1. The second-order valence-corrected chi connectivity index (χ2v) is 4.73. The predicted octanol–water partition coefficient (Wildman–Crippen LogP) is 1.76. The molecule has 2 rings (SSSR count). The van der Waals surface area contributed by atoms with Gasteiger partial charge in [-0.2, -0.15) is 0 Å². The molecule has 0 saturated carbocycles. The minimum Gasteiger partial charge on any atom is -0.378 e. The number of Topliss-reactive ketones (excluding diaryl/α,β-unsaturated/α-hetero) is 1. The van der Waals surface area contributed by atoms with Crippen molar-refractivity contribution in [1.82, 2.24) is 5.32 Å². The van der Waals surface area contributed by atoms with E-state index in [0.717, 1.165) is 31.9 Å². The summed E-state index contributed by atoms with van der Waals surface area (Å²) in [5.74, 6) is 0.224. The van der Waals surface area contributed by atoms with Crippen LogP contribution in [0.4, 0.5) is 5.69 Å². The van der Waals surface area contributed by atoms with Gasteiger partial charge in [0, 0.05) is 25.2 Å². The lowest BCUT2D eigenvalue weighted by Crippen LogP contribution is -2.36. The Morgan fingerprint density at radius 3 is 2.47 bits per heavy atom.